The van der Waals surface area contributed by atoms with Crippen LogP contribution in [-0.4, -0.2) is 13.2 Å². The van der Waals surface area contributed by atoms with Crippen molar-refractivity contribution in [1.29, 1.82) is 0 Å². The minimum Gasteiger partial charge on any atom is -0.493 e. The number of nitrogens with two attached hydrogens (primary N) is 1. The Morgan fingerprint density at radius 2 is 2.14 bits per heavy atom. The normalized spacial score (nSPS) is 23.4. The van der Waals surface area contributed by atoms with Gasteiger partial charge in [0.15, 0.2) is 0 Å². The predicted molar refractivity (Wildman–Crippen MR) is 52.7 cm³/mol. The molecule has 0 spiro atoms. The standard InChI is InChI=1S/C11H13NO2/c12-9-6-14-11-5-10-7(4-8(9)11)2-1-3-13-10/h4-5,9H,1-3,6,12H2/t9-/m1/s1. The zero-order chi connectivity index (χ0) is 9.54. The Balaban J connectivity index is 2.11. The number of aryl methyl sites for hydroxylation is 1. The van der Waals surface area contributed by atoms with E-state index in [1.807, 2.05) is 6.07 Å². The lowest BCUT2D eigenvalue weighted by Gasteiger charge is -2.18. The zero-order valence-electron chi connectivity index (χ0n) is 7.95. The Morgan fingerprint density at radius 1 is 1.21 bits per heavy atom. The number of hydrogen-bond donors (Lipinski definition) is 1. The molecule has 14 heavy (non-hydrogen) atoms. The molecule has 3 nitrogen and oxygen atoms in total. The summed E-state index contributed by atoms with van der Waals surface area (Å²) in [6, 6.07) is 4.16. The van der Waals surface area contributed by atoms with Crippen LogP contribution in [0.4, 0.5) is 0 Å². The highest BCUT2D eigenvalue weighted by Crippen LogP contribution is 2.38. The van der Waals surface area contributed by atoms with E-state index in [0.717, 1.165) is 36.5 Å². The summed E-state index contributed by atoms with van der Waals surface area (Å²) in [7, 11) is 0. The largest absolute Gasteiger partial charge is 0.493 e. The molecule has 2 aliphatic rings. The third-order valence-corrected chi connectivity index (χ3v) is 2.86. The van der Waals surface area contributed by atoms with Gasteiger partial charge in [0.2, 0.25) is 0 Å². The molecule has 0 bridgehead atoms. The van der Waals surface area contributed by atoms with E-state index in [-0.39, 0.29) is 6.04 Å². The fraction of sp³-hybridized carbons (Fsp3) is 0.455. The van der Waals surface area contributed by atoms with E-state index in [2.05, 4.69) is 6.07 Å². The van der Waals surface area contributed by atoms with Crippen LogP contribution in [-0.2, 0) is 6.42 Å². The van der Waals surface area contributed by atoms with Crippen molar-refractivity contribution in [2.24, 2.45) is 5.73 Å². The monoisotopic (exact) mass is 191 g/mol. The summed E-state index contributed by atoms with van der Waals surface area (Å²) in [4.78, 5) is 0. The number of fused-ring (bicyclic) bond motifs is 2. The van der Waals surface area contributed by atoms with E-state index in [1.54, 1.807) is 0 Å². The van der Waals surface area contributed by atoms with Gasteiger partial charge in [0, 0.05) is 11.6 Å². The van der Waals surface area contributed by atoms with Crippen molar-refractivity contribution in [2.45, 2.75) is 18.9 Å². The molecule has 1 aromatic carbocycles. The highest BCUT2D eigenvalue weighted by atomic mass is 16.5. The summed E-state index contributed by atoms with van der Waals surface area (Å²) in [6.45, 7) is 1.41. The molecule has 0 saturated heterocycles. The first-order chi connectivity index (χ1) is 6.84. The van der Waals surface area contributed by atoms with Crippen LogP contribution < -0.4 is 15.2 Å². The Bertz CT molecular complexity index is 375. The molecule has 1 atom stereocenters. The maximum atomic E-state index is 5.91. The molecule has 2 aliphatic heterocycles. The lowest BCUT2D eigenvalue weighted by atomic mass is 10.0. The van der Waals surface area contributed by atoms with Crippen LogP contribution >= 0.6 is 0 Å². The summed E-state index contributed by atoms with van der Waals surface area (Å²) in [5.41, 5.74) is 8.32. The fourth-order valence-electron chi connectivity index (χ4n) is 2.08. The van der Waals surface area contributed by atoms with E-state index in [4.69, 9.17) is 15.2 Å². The summed E-state index contributed by atoms with van der Waals surface area (Å²) in [5.74, 6) is 1.88. The van der Waals surface area contributed by atoms with Crippen LogP contribution in [0.2, 0.25) is 0 Å². The van der Waals surface area contributed by atoms with Gasteiger partial charge in [-0.1, -0.05) is 0 Å². The van der Waals surface area contributed by atoms with Gasteiger partial charge in [-0.2, -0.15) is 0 Å². The van der Waals surface area contributed by atoms with Crippen molar-refractivity contribution in [2.75, 3.05) is 13.2 Å². The molecule has 0 unspecified atom stereocenters. The second-order valence-corrected chi connectivity index (χ2v) is 3.87. The van der Waals surface area contributed by atoms with Crippen LogP contribution in [0.5, 0.6) is 11.5 Å². The molecule has 0 aromatic heterocycles. The highest BCUT2D eigenvalue weighted by molar-refractivity contribution is 5.50. The molecule has 3 heteroatoms. The summed E-state index contributed by atoms with van der Waals surface area (Å²) < 4.78 is 11.0. The maximum Gasteiger partial charge on any atom is 0.128 e. The third-order valence-electron chi connectivity index (χ3n) is 2.86. The van der Waals surface area contributed by atoms with Crippen molar-refractivity contribution in [3.63, 3.8) is 0 Å². The average molecular weight is 191 g/mol. The Kier molecular flexibility index (Phi) is 1.67. The third kappa shape index (κ3) is 1.09. The van der Waals surface area contributed by atoms with E-state index in [9.17, 15) is 0 Å². The minimum absolute atomic E-state index is 0.0391. The van der Waals surface area contributed by atoms with Gasteiger partial charge in [0.1, 0.15) is 18.1 Å². The van der Waals surface area contributed by atoms with Gasteiger partial charge >= 0.3 is 0 Å². The molecule has 0 fully saturated rings. The van der Waals surface area contributed by atoms with Crippen LogP contribution in [0, 0.1) is 0 Å². The van der Waals surface area contributed by atoms with Crippen LogP contribution in [0.15, 0.2) is 12.1 Å². The molecule has 2 heterocycles. The number of ether oxygens (including phenoxy) is 2. The Labute approximate surface area is 82.8 Å². The Hall–Kier alpha value is -1.22. The van der Waals surface area contributed by atoms with Crippen molar-refractivity contribution in [1.82, 2.24) is 0 Å². The van der Waals surface area contributed by atoms with Gasteiger partial charge < -0.3 is 15.2 Å². The van der Waals surface area contributed by atoms with Gasteiger partial charge in [0.05, 0.1) is 12.6 Å². The topological polar surface area (TPSA) is 44.5 Å². The van der Waals surface area contributed by atoms with E-state index in [1.165, 1.54) is 5.56 Å². The molecular weight excluding hydrogens is 178 g/mol. The van der Waals surface area contributed by atoms with E-state index in [0.29, 0.717) is 6.61 Å². The maximum absolute atomic E-state index is 5.91. The summed E-state index contributed by atoms with van der Waals surface area (Å²) in [6.07, 6.45) is 2.19. The predicted octanol–water partition coefficient (Wildman–Crippen LogP) is 1.40. The van der Waals surface area contributed by atoms with E-state index < -0.39 is 0 Å². The minimum atomic E-state index is 0.0391. The van der Waals surface area contributed by atoms with Crippen molar-refractivity contribution in [3.8, 4) is 11.5 Å². The molecule has 2 N–H and O–H groups in total. The lowest BCUT2D eigenvalue weighted by Crippen LogP contribution is -2.12. The van der Waals surface area contributed by atoms with Crippen LogP contribution in [0.3, 0.4) is 0 Å². The van der Waals surface area contributed by atoms with Gasteiger partial charge in [-0.05, 0) is 24.5 Å². The zero-order valence-corrected chi connectivity index (χ0v) is 7.95. The van der Waals surface area contributed by atoms with Crippen molar-refractivity contribution >= 4 is 0 Å². The molecule has 0 radical (unpaired) electrons. The quantitative estimate of drug-likeness (QED) is 0.674. The van der Waals surface area contributed by atoms with Crippen LogP contribution in [0.1, 0.15) is 23.6 Å². The molecule has 0 amide bonds. The second-order valence-electron chi connectivity index (χ2n) is 3.87. The lowest BCUT2D eigenvalue weighted by molar-refractivity contribution is 0.285. The molecule has 0 saturated carbocycles. The smallest absolute Gasteiger partial charge is 0.128 e. The second kappa shape index (κ2) is 2.89. The first-order valence-electron chi connectivity index (χ1n) is 5.02. The first-order valence-corrected chi connectivity index (χ1v) is 5.02. The first kappa shape index (κ1) is 8.12. The molecule has 1 aromatic rings. The summed E-state index contributed by atoms with van der Waals surface area (Å²) >= 11 is 0. The van der Waals surface area contributed by atoms with E-state index >= 15 is 0 Å². The summed E-state index contributed by atoms with van der Waals surface area (Å²) in [5, 5.41) is 0. The molecule has 0 aliphatic carbocycles. The highest BCUT2D eigenvalue weighted by Gasteiger charge is 2.24. The fourth-order valence-corrected chi connectivity index (χ4v) is 2.08. The van der Waals surface area contributed by atoms with Gasteiger partial charge in [-0.25, -0.2) is 0 Å². The molecule has 3 rings (SSSR count). The SMILES string of the molecule is N[C@@H]1COc2cc3c(cc21)CCCO3. The van der Waals surface area contributed by atoms with Gasteiger partial charge in [-0.3, -0.25) is 0 Å². The number of rotatable bonds is 0. The molecule has 74 valence electrons. The van der Waals surface area contributed by atoms with Crippen molar-refractivity contribution in [3.05, 3.63) is 23.3 Å². The number of benzene rings is 1. The number of hydrogen-bond acceptors (Lipinski definition) is 3. The van der Waals surface area contributed by atoms with Crippen molar-refractivity contribution < 1.29 is 9.47 Å². The molecular formula is C11H13NO2. The van der Waals surface area contributed by atoms with Gasteiger partial charge in [0.25, 0.3) is 0 Å². The van der Waals surface area contributed by atoms with Gasteiger partial charge in [-0.15, -0.1) is 0 Å². The Morgan fingerprint density at radius 3 is 3.07 bits per heavy atom. The van der Waals surface area contributed by atoms with Crippen LogP contribution in [0.25, 0.3) is 0 Å². The average Bonchev–Trinajstić information content (AvgIpc) is 2.57.